The maximum absolute atomic E-state index is 13.4. The number of amides is 1. The van der Waals surface area contributed by atoms with Gasteiger partial charge in [-0.15, -0.1) is 0 Å². The van der Waals surface area contributed by atoms with Crippen LogP contribution in [0.1, 0.15) is 11.3 Å². The first-order valence-electron chi connectivity index (χ1n) is 8.17. The summed E-state index contributed by atoms with van der Waals surface area (Å²) in [6.07, 6.45) is -0.921. The van der Waals surface area contributed by atoms with Crippen LogP contribution in [0.25, 0.3) is 11.4 Å². The number of anilines is 1. The smallest absolute Gasteiger partial charge is 0.435 e. The number of pyridine rings is 1. The zero-order valence-corrected chi connectivity index (χ0v) is 14.7. The summed E-state index contributed by atoms with van der Waals surface area (Å²) >= 11 is 0. The number of ether oxygens (including phenoxy) is 1. The van der Waals surface area contributed by atoms with Gasteiger partial charge in [0.2, 0.25) is 0 Å². The molecule has 0 unspecified atom stereocenters. The number of hydrogen-bond donors (Lipinski definition) is 1. The van der Waals surface area contributed by atoms with Crippen LogP contribution in [0.4, 0.5) is 18.9 Å². The van der Waals surface area contributed by atoms with Gasteiger partial charge in [0.15, 0.2) is 18.1 Å². The number of benzene rings is 1. The van der Waals surface area contributed by atoms with Crippen molar-refractivity contribution in [3.8, 4) is 17.1 Å². The summed E-state index contributed by atoms with van der Waals surface area (Å²) in [7, 11) is 0. The number of para-hydroxylation sites is 1. The Morgan fingerprint density at radius 2 is 1.89 bits per heavy atom. The van der Waals surface area contributed by atoms with E-state index in [2.05, 4.69) is 20.3 Å². The maximum atomic E-state index is 13.4. The fourth-order valence-electron chi connectivity index (χ4n) is 2.36. The average molecular weight is 388 g/mol. The van der Waals surface area contributed by atoms with E-state index in [4.69, 9.17) is 4.74 Å². The van der Waals surface area contributed by atoms with Gasteiger partial charge < -0.3 is 10.1 Å². The highest BCUT2D eigenvalue weighted by Crippen LogP contribution is 2.34. The molecule has 0 spiro atoms. The Labute approximate surface area is 158 Å². The SMILES string of the molecule is Cc1cncc(-c2ncc(NC(=O)COc3ccccc3)c(C(F)(F)F)n2)c1. The number of carbonyl (C=O) groups is 1. The molecule has 1 aromatic carbocycles. The molecule has 0 saturated heterocycles. The summed E-state index contributed by atoms with van der Waals surface area (Å²) in [6.45, 7) is 1.30. The molecule has 1 amide bonds. The van der Waals surface area contributed by atoms with E-state index in [0.29, 0.717) is 11.3 Å². The van der Waals surface area contributed by atoms with E-state index < -0.39 is 30.1 Å². The molecule has 0 aliphatic heterocycles. The molecule has 9 heteroatoms. The third kappa shape index (κ3) is 4.81. The van der Waals surface area contributed by atoms with E-state index in [1.807, 2.05) is 0 Å². The number of halogens is 3. The summed E-state index contributed by atoms with van der Waals surface area (Å²) in [5, 5.41) is 2.15. The topological polar surface area (TPSA) is 77.0 Å². The molecule has 0 aliphatic rings. The molecule has 144 valence electrons. The molecule has 2 heterocycles. The van der Waals surface area contributed by atoms with Crippen LogP contribution in [0.3, 0.4) is 0 Å². The summed E-state index contributed by atoms with van der Waals surface area (Å²) in [5.41, 5.74) is -0.688. The van der Waals surface area contributed by atoms with Gasteiger partial charge in [0.25, 0.3) is 5.91 Å². The molecular weight excluding hydrogens is 373 g/mol. The van der Waals surface area contributed by atoms with Crippen LogP contribution >= 0.6 is 0 Å². The molecule has 0 radical (unpaired) electrons. The third-order valence-electron chi connectivity index (χ3n) is 3.58. The van der Waals surface area contributed by atoms with Gasteiger partial charge in [-0.25, -0.2) is 9.97 Å². The molecule has 1 N–H and O–H groups in total. The van der Waals surface area contributed by atoms with Crippen LogP contribution in [-0.4, -0.2) is 27.5 Å². The predicted octanol–water partition coefficient (Wildman–Crippen LogP) is 3.88. The predicted molar refractivity (Wildman–Crippen MR) is 95.6 cm³/mol. The van der Waals surface area contributed by atoms with Gasteiger partial charge in [-0.05, 0) is 30.7 Å². The molecule has 0 atom stereocenters. The summed E-state index contributed by atoms with van der Waals surface area (Å²) in [6, 6.07) is 10.1. The summed E-state index contributed by atoms with van der Waals surface area (Å²) in [5.74, 6) is -0.475. The molecule has 0 fully saturated rings. The lowest BCUT2D eigenvalue weighted by Crippen LogP contribution is -2.23. The fraction of sp³-hybridized carbons (Fsp3) is 0.158. The van der Waals surface area contributed by atoms with Crippen LogP contribution in [0.2, 0.25) is 0 Å². The monoisotopic (exact) mass is 388 g/mol. The molecule has 2 aromatic heterocycles. The van der Waals surface area contributed by atoms with Crippen LogP contribution in [0, 0.1) is 6.92 Å². The molecule has 28 heavy (non-hydrogen) atoms. The van der Waals surface area contributed by atoms with Gasteiger partial charge in [-0.2, -0.15) is 13.2 Å². The number of nitrogens with one attached hydrogen (secondary N) is 1. The molecule has 6 nitrogen and oxygen atoms in total. The number of aromatic nitrogens is 3. The van der Waals surface area contributed by atoms with Crippen molar-refractivity contribution in [1.29, 1.82) is 0 Å². The highest BCUT2D eigenvalue weighted by Gasteiger charge is 2.37. The number of alkyl halides is 3. The Kier molecular flexibility index (Phi) is 5.53. The number of rotatable bonds is 5. The Hall–Kier alpha value is -3.49. The van der Waals surface area contributed by atoms with Gasteiger partial charge in [0, 0.05) is 18.0 Å². The van der Waals surface area contributed by atoms with Crippen molar-refractivity contribution in [2.24, 2.45) is 0 Å². The Bertz CT molecular complexity index is 978. The number of carbonyl (C=O) groups excluding carboxylic acids is 1. The lowest BCUT2D eigenvalue weighted by Gasteiger charge is -2.14. The van der Waals surface area contributed by atoms with Gasteiger partial charge in [-0.1, -0.05) is 18.2 Å². The highest BCUT2D eigenvalue weighted by molar-refractivity contribution is 5.92. The molecule has 0 aliphatic carbocycles. The van der Waals surface area contributed by atoms with E-state index in [1.54, 1.807) is 49.5 Å². The highest BCUT2D eigenvalue weighted by atomic mass is 19.4. The molecule has 0 bridgehead atoms. The second kappa shape index (κ2) is 8.03. The normalized spacial score (nSPS) is 11.1. The third-order valence-corrected chi connectivity index (χ3v) is 3.58. The average Bonchev–Trinajstić information content (AvgIpc) is 2.67. The molecule has 0 saturated carbocycles. The first kappa shape index (κ1) is 19.3. The Morgan fingerprint density at radius 3 is 2.57 bits per heavy atom. The van der Waals surface area contributed by atoms with Crippen molar-refractivity contribution in [1.82, 2.24) is 15.0 Å². The molecule has 3 rings (SSSR count). The minimum Gasteiger partial charge on any atom is -0.484 e. The largest absolute Gasteiger partial charge is 0.484 e. The van der Waals surface area contributed by atoms with Crippen molar-refractivity contribution in [2.45, 2.75) is 13.1 Å². The van der Waals surface area contributed by atoms with Crippen molar-refractivity contribution in [2.75, 3.05) is 11.9 Å². The second-order valence-corrected chi connectivity index (χ2v) is 5.85. The van der Waals surface area contributed by atoms with E-state index in [9.17, 15) is 18.0 Å². The van der Waals surface area contributed by atoms with Gasteiger partial charge in [0.05, 0.1) is 11.9 Å². The lowest BCUT2D eigenvalue weighted by atomic mass is 10.2. The number of hydrogen-bond acceptors (Lipinski definition) is 5. The fourth-order valence-corrected chi connectivity index (χ4v) is 2.36. The van der Waals surface area contributed by atoms with Gasteiger partial charge in [-0.3, -0.25) is 9.78 Å². The van der Waals surface area contributed by atoms with Crippen molar-refractivity contribution >= 4 is 11.6 Å². The first-order chi connectivity index (χ1) is 13.3. The van der Waals surface area contributed by atoms with E-state index in [-0.39, 0.29) is 5.82 Å². The van der Waals surface area contributed by atoms with Crippen LogP contribution in [0.5, 0.6) is 5.75 Å². The van der Waals surface area contributed by atoms with Crippen LogP contribution < -0.4 is 10.1 Å². The van der Waals surface area contributed by atoms with E-state index in [1.165, 1.54) is 6.20 Å². The first-order valence-corrected chi connectivity index (χ1v) is 8.17. The van der Waals surface area contributed by atoms with E-state index >= 15 is 0 Å². The van der Waals surface area contributed by atoms with Gasteiger partial charge in [0.1, 0.15) is 5.75 Å². The molecular formula is C19H15F3N4O2. The van der Waals surface area contributed by atoms with Crippen LogP contribution in [0.15, 0.2) is 55.0 Å². The maximum Gasteiger partial charge on any atom is 0.435 e. The zero-order chi connectivity index (χ0) is 20.1. The van der Waals surface area contributed by atoms with Gasteiger partial charge >= 0.3 is 6.18 Å². The van der Waals surface area contributed by atoms with Crippen LogP contribution in [-0.2, 0) is 11.0 Å². The van der Waals surface area contributed by atoms with Crippen molar-refractivity contribution in [3.05, 3.63) is 66.2 Å². The summed E-state index contributed by atoms with van der Waals surface area (Å²) in [4.78, 5) is 23.4. The van der Waals surface area contributed by atoms with Crippen molar-refractivity contribution in [3.63, 3.8) is 0 Å². The number of nitrogens with zero attached hydrogens (tertiary/aromatic N) is 3. The minimum atomic E-state index is -4.78. The molecule has 3 aromatic rings. The standard InChI is InChI=1S/C19H15F3N4O2/c1-12-7-13(9-23-8-12)18-24-10-15(17(26-18)19(20,21)22)25-16(27)11-28-14-5-3-2-4-6-14/h2-10H,11H2,1H3,(H,25,27). The second-order valence-electron chi connectivity index (χ2n) is 5.85. The quantitative estimate of drug-likeness (QED) is 0.718. The Morgan fingerprint density at radius 1 is 1.14 bits per heavy atom. The van der Waals surface area contributed by atoms with Crippen molar-refractivity contribution < 1.29 is 22.7 Å². The Balaban J connectivity index is 1.81. The summed E-state index contributed by atoms with van der Waals surface area (Å²) < 4.78 is 45.5. The minimum absolute atomic E-state index is 0.137. The number of aryl methyl sites for hydroxylation is 1. The lowest BCUT2D eigenvalue weighted by molar-refractivity contribution is -0.140. The van der Waals surface area contributed by atoms with E-state index in [0.717, 1.165) is 11.8 Å². The zero-order valence-electron chi connectivity index (χ0n) is 14.7.